The lowest BCUT2D eigenvalue weighted by atomic mass is 10.2. The fourth-order valence-electron chi connectivity index (χ4n) is 2.70. The largest absolute Gasteiger partial charge is 0.364 e. The van der Waals surface area contributed by atoms with Crippen molar-refractivity contribution in [3.05, 3.63) is 54.6 Å². The van der Waals surface area contributed by atoms with Crippen LogP contribution in [0.2, 0.25) is 0 Å². The molecule has 0 spiro atoms. The summed E-state index contributed by atoms with van der Waals surface area (Å²) in [6, 6.07) is 8.71. The minimum atomic E-state index is 0.785. The van der Waals surface area contributed by atoms with Gasteiger partial charge in [-0.2, -0.15) is 0 Å². The summed E-state index contributed by atoms with van der Waals surface area (Å²) in [4.78, 5) is 8.89. The lowest BCUT2D eigenvalue weighted by Crippen LogP contribution is -2.39. The Morgan fingerprint density at radius 2 is 2.17 bits per heavy atom. The van der Waals surface area contributed by atoms with Crippen molar-refractivity contribution >= 4 is 11.6 Å². The van der Waals surface area contributed by atoms with E-state index in [9.17, 15) is 0 Å². The van der Waals surface area contributed by atoms with Gasteiger partial charge in [-0.25, -0.2) is 0 Å². The van der Waals surface area contributed by atoms with Gasteiger partial charge in [0.2, 0.25) is 0 Å². The van der Waals surface area contributed by atoms with Crippen molar-refractivity contribution in [2.24, 2.45) is 4.99 Å². The number of hydrogen-bond donors (Lipinski definition) is 1. The van der Waals surface area contributed by atoms with Crippen LogP contribution in [0.25, 0.3) is 0 Å². The Morgan fingerprint density at radius 3 is 2.87 bits per heavy atom. The number of nitrogens with one attached hydrogen (secondary N) is 1. The molecule has 1 aliphatic heterocycles. The van der Waals surface area contributed by atoms with E-state index in [0.717, 1.165) is 45.0 Å². The van der Waals surface area contributed by atoms with Gasteiger partial charge in [0, 0.05) is 46.0 Å². The number of guanidine groups is 1. The fourth-order valence-corrected chi connectivity index (χ4v) is 2.70. The number of nitrogens with zero attached hydrogens (tertiary/aromatic N) is 3. The highest BCUT2D eigenvalue weighted by molar-refractivity contribution is 5.79. The van der Waals surface area contributed by atoms with E-state index in [0.29, 0.717) is 0 Å². The molecule has 4 heteroatoms. The Morgan fingerprint density at radius 1 is 1.39 bits per heavy atom. The monoisotopic (exact) mass is 312 g/mol. The second-order valence-electron chi connectivity index (χ2n) is 5.80. The molecular weight excluding hydrogens is 284 g/mol. The molecule has 1 aliphatic rings. The predicted octanol–water partition coefficient (Wildman–Crippen LogP) is 3.04. The third-order valence-corrected chi connectivity index (χ3v) is 4.02. The SMILES string of the molecule is C=CCCCN(C)C(=NC)NCc1cccc(N2CC=CC2)c1. The molecule has 2 rings (SSSR count). The van der Waals surface area contributed by atoms with Crippen LogP contribution in [0, 0.1) is 0 Å². The van der Waals surface area contributed by atoms with Crippen LogP contribution in [-0.2, 0) is 6.54 Å². The standard InChI is InChI=1S/C19H28N4/c1-4-5-6-12-22(3)19(20-2)21-16-17-10-9-11-18(15-17)23-13-7-8-14-23/h4,7-11,15H,1,5-6,12-14,16H2,2-3H3,(H,20,21). The van der Waals surface area contributed by atoms with Gasteiger partial charge in [-0.1, -0.05) is 30.4 Å². The molecule has 1 heterocycles. The summed E-state index contributed by atoms with van der Waals surface area (Å²) in [6.45, 7) is 7.54. The molecule has 1 N–H and O–H groups in total. The van der Waals surface area contributed by atoms with Crippen molar-refractivity contribution in [1.82, 2.24) is 10.2 Å². The topological polar surface area (TPSA) is 30.9 Å². The number of allylic oxidation sites excluding steroid dienone is 1. The molecule has 1 aromatic carbocycles. The summed E-state index contributed by atoms with van der Waals surface area (Å²) in [5, 5.41) is 3.45. The number of unbranched alkanes of at least 4 members (excludes halogenated alkanes) is 1. The highest BCUT2D eigenvalue weighted by atomic mass is 15.3. The molecule has 0 amide bonds. The van der Waals surface area contributed by atoms with Crippen molar-refractivity contribution in [2.45, 2.75) is 19.4 Å². The maximum absolute atomic E-state index is 4.37. The molecule has 4 nitrogen and oxygen atoms in total. The van der Waals surface area contributed by atoms with Crippen molar-refractivity contribution in [2.75, 3.05) is 38.6 Å². The molecule has 0 unspecified atom stereocenters. The van der Waals surface area contributed by atoms with E-state index in [2.05, 4.69) is 70.2 Å². The molecule has 0 bridgehead atoms. The van der Waals surface area contributed by atoms with E-state index in [1.807, 2.05) is 13.1 Å². The molecule has 1 aromatic rings. The van der Waals surface area contributed by atoms with Crippen molar-refractivity contribution in [1.29, 1.82) is 0 Å². The molecule has 124 valence electrons. The third kappa shape index (κ3) is 5.16. The first-order valence-electron chi connectivity index (χ1n) is 8.26. The summed E-state index contributed by atoms with van der Waals surface area (Å²) in [7, 11) is 3.91. The number of benzene rings is 1. The minimum Gasteiger partial charge on any atom is -0.364 e. The maximum Gasteiger partial charge on any atom is 0.193 e. The van der Waals surface area contributed by atoms with Gasteiger partial charge in [0.25, 0.3) is 0 Å². The summed E-state index contributed by atoms with van der Waals surface area (Å²) in [5.41, 5.74) is 2.55. The van der Waals surface area contributed by atoms with Crippen LogP contribution in [0.3, 0.4) is 0 Å². The Hall–Kier alpha value is -2.23. The van der Waals surface area contributed by atoms with Crippen LogP contribution < -0.4 is 10.2 Å². The molecule has 0 saturated heterocycles. The third-order valence-electron chi connectivity index (χ3n) is 4.02. The molecule has 0 aliphatic carbocycles. The highest BCUT2D eigenvalue weighted by Crippen LogP contribution is 2.18. The van der Waals surface area contributed by atoms with E-state index >= 15 is 0 Å². The average molecular weight is 312 g/mol. The van der Waals surface area contributed by atoms with Crippen molar-refractivity contribution in [3.63, 3.8) is 0 Å². The average Bonchev–Trinajstić information content (AvgIpc) is 3.10. The Bertz CT molecular complexity index is 554. The lowest BCUT2D eigenvalue weighted by Gasteiger charge is -2.22. The van der Waals surface area contributed by atoms with E-state index in [1.54, 1.807) is 0 Å². The van der Waals surface area contributed by atoms with Gasteiger partial charge < -0.3 is 15.1 Å². The minimum absolute atomic E-state index is 0.785. The first-order valence-corrected chi connectivity index (χ1v) is 8.26. The number of aliphatic imine (C=N–C) groups is 1. The van der Waals surface area contributed by atoms with Crippen LogP contribution in [-0.4, -0.2) is 44.6 Å². The summed E-state index contributed by atoms with van der Waals surface area (Å²) in [5.74, 6) is 0.933. The van der Waals surface area contributed by atoms with Gasteiger partial charge in [0.1, 0.15) is 0 Å². The van der Waals surface area contributed by atoms with E-state index in [-0.39, 0.29) is 0 Å². The van der Waals surface area contributed by atoms with Crippen LogP contribution in [0.4, 0.5) is 5.69 Å². The molecule has 0 radical (unpaired) electrons. The summed E-state index contributed by atoms with van der Waals surface area (Å²) < 4.78 is 0. The van der Waals surface area contributed by atoms with Gasteiger partial charge in [-0.3, -0.25) is 4.99 Å². The number of rotatable bonds is 7. The number of hydrogen-bond acceptors (Lipinski definition) is 2. The van der Waals surface area contributed by atoms with E-state index in [4.69, 9.17) is 0 Å². The zero-order valence-electron chi connectivity index (χ0n) is 14.3. The van der Waals surface area contributed by atoms with Crippen LogP contribution in [0.1, 0.15) is 18.4 Å². The lowest BCUT2D eigenvalue weighted by molar-refractivity contribution is 0.470. The highest BCUT2D eigenvalue weighted by Gasteiger charge is 2.09. The zero-order chi connectivity index (χ0) is 16.5. The van der Waals surface area contributed by atoms with E-state index in [1.165, 1.54) is 11.3 Å². The molecule has 23 heavy (non-hydrogen) atoms. The first kappa shape index (κ1) is 17.1. The normalized spacial score (nSPS) is 14.2. The smallest absolute Gasteiger partial charge is 0.193 e. The first-order chi connectivity index (χ1) is 11.2. The summed E-state index contributed by atoms with van der Waals surface area (Å²) >= 11 is 0. The molecule has 0 aromatic heterocycles. The van der Waals surface area contributed by atoms with Crippen LogP contribution in [0.15, 0.2) is 54.1 Å². The van der Waals surface area contributed by atoms with Gasteiger partial charge in [0.15, 0.2) is 5.96 Å². The Balaban J connectivity index is 1.88. The van der Waals surface area contributed by atoms with Gasteiger partial charge in [0.05, 0.1) is 0 Å². The Kier molecular flexibility index (Phi) is 6.73. The predicted molar refractivity (Wildman–Crippen MR) is 100 cm³/mol. The van der Waals surface area contributed by atoms with Gasteiger partial charge in [-0.05, 0) is 30.5 Å². The van der Waals surface area contributed by atoms with Gasteiger partial charge >= 0.3 is 0 Å². The molecule has 0 saturated carbocycles. The van der Waals surface area contributed by atoms with Crippen molar-refractivity contribution < 1.29 is 0 Å². The zero-order valence-corrected chi connectivity index (χ0v) is 14.3. The molecular formula is C19H28N4. The Labute approximate surface area is 140 Å². The number of anilines is 1. The second-order valence-corrected chi connectivity index (χ2v) is 5.80. The quantitative estimate of drug-likeness (QED) is 0.363. The van der Waals surface area contributed by atoms with Crippen LogP contribution in [0.5, 0.6) is 0 Å². The maximum atomic E-state index is 4.37. The van der Waals surface area contributed by atoms with Crippen LogP contribution >= 0.6 is 0 Å². The second kappa shape index (κ2) is 9.03. The fraction of sp³-hybridized carbons (Fsp3) is 0.421. The van der Waals surface area contributed by atoms with E-state index < -0.39 is 0 Å². The molecule has 0 atom stereocenters. The van der Waals surface area contributed by atoms with Gasteiger partial charge in [-0.15, -0.1) is 6.58 Å². The summed E-state index contributed by atoms with van der Waals surface area (Å²) in [6.07, 6.45) is 8.52. The molecule has 0 fully saturated rings. The van der Waals surface area contributed by atoms with Crippen molar-refractivity contribution in [3.8, 4) is 0 Å².